The lowest BCUT2D eigenvalue weighted by Crippen LogP contribution is -2.23. The zero-order valence-corrected chi connectivity index (χ0v) is 12.1. The maximum absolute atomic E-state index is 8.69. The van der Waals surface area contributed by atoms with E-state index in [0.29, 0.717) is 6.61 Å². The lowest BCUT2D eigenvalue weighted by molar-refractivity contribution is 0.222. The molecule has 0 radical (unpaired) electrons. The fourth-order valence-corrected chi connectivity index (χ4v) is 1.87. The highest BCUT2D eigenvalue weighted by atomic mass is 16.5. The molecule has 1 heterocycles. The van der Waals surface area contributed by atoms with E-state index < -0.39 is 0 Å². The minimum Gasteiger partial charge on any atom is -0.492 e. The minimum absolute atomic E-state index is 0.136. The molecule has 0 spiro atoms. The zero-order chi connectivity index (χ0) is 14.9. The van der Waals surface area contributed by atoms with Gasteiger partial charge in [-0.25, -0.2) is 0 Å². The van der Waals surface area contributed by atoms with Crippen molar-refractivity contribution in [2.24, 2.45) is 0 Å². The van der Waals surface area contributed by atoms with E-state index in [9.17, 15) is 0 Å². The second-order valence-corrected chi connectivity index (χ2v) is 4.65. The standard InChI is InChI=1S/C17H19NO3/c1-18(14-17-8-4-11-20-17)9-12-21-16-7-2-5-15(13-16)6-3-10-19/h2,4-5,7-8,11,13,19H,9-10,12,14H2,1H3. The highest BCUT2D eigenvalue weighted by Crippen LogP contribution is 2.12. The van der Waals surface area contributed by atoms with E-state index in [1.54, 1.807) is 6.26 Å². The molecule has 110 valence electrons. The normalized spacial score (nSPS) is 10.2. The molecule has 4 nitrogen and oxygen atoms in total. The van der Waals surface area contributed by atoms with Crippen LogP contribution in [0.4, 0.5) is 0 Å². The first-order valence-corrected chi connectivity index (χ1v) is 6.81. The molecule has 1 aromatic heterocycles. The Hall–Kier alpha value is -2.22. The summed E-state index contributed by atoms with van der Waals surface area (Å²) in [5, 5.41) is 8.69. The van der Waals surface area contributed by atoms with Crippen LogP contribution in [0.5, 0.6) is 5.75 Å². The molecule has 0 aliphatic heterocycles. The molecule has 0 atom stereocenters. The summed E-state index contributed by atoms with van der Waals surface area (Å²) in [6.45, 7) is 2.02. The van der Waals surface area contributed by atoms with Crippen LogP contribution in [-0.2, 0) is 6.54 Å². The molecule has 1 N–H and O–H groups in total. The topological polar surface area (TPSA) is 45.8 Å². The average molecular weight is 285 g/mol. The SMILES string of the molecule is CN(CCOc1cccc(C#CCO)c1)Cc1ccco1. The largest absolute Gasteiger partial charge is 0.492 e. The van der Waals surface area contributed by atoms with Gasteiger partial charge in [0.15, 0.2) is 0 Å². The fraction of sp³-hybridized carbons (Fsp3) is 0.294. The van der Waals surface area contributed by atoms with Gasteiger partial charge in [0.05, 0.1) is 12.8 Å². The fourth-order valence-electron chi connectivity index (χ4n) is 1.87. The van der Waals surface area contributed by atoms with E-state index in [-0.39, 0.29) is 6.61 Å². The van der Waals surface area contributed by atoms with Gasteiger partial charge >= 0.3 is 0 Å². The Bertz CT molecular complexity index is 596. The molecule has 0 unspecified atom stereocenters. The summed E-state index contributed by atoms with van der Waals surface area (Å²) in [4.78, 5) is 2.13. The Morgan fingerprint density at radius 3 is 2.95 bits per heavy atom. The molecule has 1 aromatic carbocycles. The van der Waals surface area contributed by atoms with Crippen LogP contribution in [0.15, 0.2) is 47.1 Å². The third kappa shape index (κ3) is 5.35. The lowest BCUT2D eigenvalue weighted by Gasteiger charge is -2.15. The summed E-state index contributed by atoms with van der Waals surface area (Å²) in [6, 6.07) is 11.4. The van der Waals surface area contributed by atoms with Crippen LogP contribution in [-0.4, -0.2) is 36.8 Å². The molecule has 2 aromatic rings. The van der Waals surface area contributed by atoms with Crippen molar-refractivity contribution in [3.63, 3.8) is 0 Å². The number of likely N-dealkylation sites (N-methyl/N-ethyl adjacent to an activating group) is 1. The van der Waals surface area contributed by atoms with Crippen LogP contribution >= 0.6 is 0 Å². The van der Waals surface area contributed by atoms with Crippen molar-refractivity contribution in [3.8, 4) is 17.6 Å². The highest BCUT2D eigenvalue weighted by Gasteiger charge is 2.03. The number of rotatable bonds is 6. The smallest absolute Gasteiger partial charge is 0.120 e. The lowest BCUT2D eigenvalue weighted by atomic mass is 10.2. The van der Waals surface area contributed by atoms with Gasteiger partial charge in [-0.1, -0.05) is 17.9 Å². The zero-order valence-electron chi connectivity index (χ0n) is 12.1. The summed E-state index contributed by atoms with van der Waals surface area (Å²) in [7, 11) is 2.02. The van der Waals surface area contributed by atoms with Crippen LogP contribution < -0.4 is 4.74 Å². The van der Waals surface area contributed by atoms with E-state index in [4.69, 9.17) is 14.3 Å². The molecular weight excluding hydrogens is 266 g/mol. The Kier molecular flexibility index (Phi) is 5.89. The molecule has 21 heavy (non-hydrogen) atoms. The third-order valence-corrected chi connectivity index (χ3v) is 2.89. The molecule has 0 saturated carbocycles. The first kappa shape index (κ1) is 15.2. The maximum Gasteiger partial charge on any atom is 0.120 e. The van der Waals surface area contributed by atoms with Gasteiger partial charge in [-0.15, -0.1) is 0 Å². The first-order chi connectivity index (χ1) is 10.3. The predicted octanol–water partition coefficient (Wildman–Crippen LogP) is 2.13. The average Bonchev–Trinajstić information content (AvgIpc) is 2.98. The number of furan rings is 1. The number of aliphatic hydroxyl groups is 1. The number of hydrogen-bond donors (Lipinski definition) is 1. The minimum atomic E-state index is -0.136. The maximum atomic E-state index is 8.69. The van der Waals surface area contributed by atoms with Crippen molar-refractivity contribution in [3.05, 3.63) is 54.0 Å². The van der Waals surface area contributed by atoms with Crippen molar-refractivity contribution in [2.75, 3.05) is 26.8 Å². The van der Waals surface area contributed by atoms with Crippen molar-refractivity contribution < 1.29 is 14.3 Å². The number of ether oxygens (including phenoxy) is 1. The Balaban J connectivity index is 1.77. The molecule has 0 amide bonds. The monoisotopic (exact) mass is 285 g/mol. The summed E-state index contributed by atoms with van der Waals surface area (Å²) >= 11 is 0. The quantitative estimate of drug-likeness (QED) is 0.826. The van der Waals surface area contributed by atoms with Crippen molar-refractivity contribution in [1.82, 2.24) is 4.90 Å². The van der Waals surface area contributed by atoms with Gasteiger partial charge in [-0.2, -0.15) is 0 Å². The second kappa shape index (κ2) is 8.15. The van der Waals surface area contributed by atoms with Crippen molar-refractivity contribution >= 4 is 0 Å². The van der Waals surface area contributed by atoms with Gasteiger partial charge in [0.2, 0.25) is 0 Å². The van der Waals surface area contributed by atoms with Gasteiger partial charge in [-0.05, 0) is 37.4 Å². The van der Waals surface area contributed by atoms with E-state index in [0.717, 1.165) is 30.2 Å². The van der Waals surface area contributed by atoms with E-state index in [1.807, 2.05) is 43.4 Å². The molecule has 0 fully saturated rings. The predicted molar refractivity (Wildman–Crippen MR) is 80.9 cm³/mol. The Morgan fingerprint density at radius 1 is 1.29 bits per heavy atom. The van der Waals surface area contributed by atoms with Crippen molar-refractivity contribution in [1.29, 1.82) is 0 Å². The summed E-state index contributed by atoms with van der Waals surface area (Å²) < 4.78 is 11.0. The summed E-state index contributed by atoms with van der Waals surface area (Å²) in [5.41, 5.74) is 0.838. The van der Waals surface area contributed by atoms with Crippen LogP contribution in [0.1, 0.15) is 11.3 Å². The molecule has 0 saturated heterocycles. The molecular formula is C17H19NO3. The summed E-state index contributed by atoms with van der Waals surface area (Å²) in [5.74, 6) is 7.21. The molecule has 0 bridgehead atoms. The molecule has 4 heteroatoms. The molecule has 0 aliphatic carbocycles. The van der Waals surface area contributed by atoms with Crippen LogP contribution in [0, 0.1) is 11.8 Å². The summed E-state index contributed by atoms with van der Waals surface area (Å²) in [6.07, 6.45) is 1.68. The highest BCUT2D eigenvalue weighted by molar-refractivity contribution is 5.39. The first-order valence-electron chi connectivity index (χ1n) is 6.81. The number of hydrogen-bond acceptors (Lipinski definition) is 4. The van der Waals surface area contributed by atoms with E-state index in [1.165, 1.54) is 0 Å². The van der Waals surface area contributed by atoms with Gasteiger partial charge in [0.1, 0.15) is 24.7 Å². The van der Waals surface area contributed by atoms with Gasteiger partial charge in [0, 0.05) is 12.1 Å². The van der Waals surface area contributed by atoms with Gasteiger partial charge in [-0.3, -0.25) is 4.90 Å². The van der Waals surface area contributed by atoms with E-state index >= 15 is 0 Å². The van der Waals surface area contributed by atoms with Crippen LogP contribution in [0.2, 0.25) is 0 Å². The number of nitrogens with zero attached hydrogens (tertiary/aromatic N) is 1. The Labute approximate surface area is 125 Å². The number of benzene rings is 1. The molecule has 2 rings (SSSR count). The van der Waals surface area contributed by atoms with Crippen LogP contribution in [0.3, 0.4) is 0 Å². The van der Waals surface area contributed by atoms with Crippen molar-refractivity contribution in [2.45, 2.75) is 6.54 Å². The van der Waals surface area contributed by atoms with Gasteiger partial charge in [0.25, 0.3) is 0 Å². The van der Waals surface area contributed by atoms with Gasteiger partial charge < -0.3 is 14.3 Å². The third-order valence-electron chi connectivity index (χ3n) is 2.89. The Morgan fingerprint density at radius 2 is 2.19 bits per heavy atom. The molecule has 0 aliphatic rings. The second-order valence-electron chi connectivity index (χ2n) is 4.65. The van der Waals surface area contributed by atoms with Crippen LogP contribution in [0.25, 0.3) is 0 Å². The van der Waals surface area contributed by atoms with E-state index in [2.05, 4.69) is 16.7 Å². The number of aliphatic hydroxyl groups excluding tert-OH is 1.